The van der Waals surface area contributed by atoms with E-state index in [0.29, 0.717) is 25.6 Å². The van der Waals surface area contributed by atoms with Crippen molar-refractivity contribution in [2.75, 3.05) is 40.3 Å². The molecule has 138 valence electrons. The molecule has 1 fully saturated rings. The zero-order valence-corrected chi connectivity index (χ0v) is 15.5. The average Bonchev–Trinajstić information content (AvgIpc) is 2.60. The molecule has 3 amide bonds. The maximum absolute atomic E-state index is 12.5. The number of carbonyl (C=O) groups excluding carboxylic acids is 2. The Morgan fingerprint density at radius 3 is 2.56 bits per heavy atom. The first-order valence-corrected chi connectivity index (χ1v) is 8.95. The van der Waals surface area contributed by atoms with Crippen LogP contribution in [-0.4, -0.2) is 68.1 Å². The fourth-order valence-corrected chi connectivity index (χ4v) is 3.33. The van der Waals surface area contributed by atoms with Crippen molar-refractivity contribution < 1.29 is 9.59 Å². The number of likely N-dealkylation sites (N-methyl/N-ethyl adjacent to an activating group) is 1. The number of rotatable bonds is 6. The molecule has 6 heteroatoms. The van der Waals surface area contributed by atoms with Crippen molar-refractivity contribution in [1.29, 1.82) is 0 Å². The van der Waals surface area contributed by atoms with Crippen molar-refractivity contribution in [3.8, 4) is 0 Å². The molecule has 1 heterocycles. The Labute approximate surface area is 150 Å². The van der Waals surface area contributed by atoms with E-state index in [4.69, 9.17) is 0 Å². The summed E-state index contributed by atoms with van der Waals surface area (Å²) in [5, 5.41) is 5.94. The third kappa shape index (κ3) is 6.05. The molecule has 6 nitrogen and oxygen atoms in total. The van der Waals surface area contributed by atoms with E-state index in [2.05, 4.69) is 27.7 Å². The molecule has 0 aliphatic carbocycles. The molecular formula is C19H30N4O2. The molecule has 0 bridgehead atoms. The van der Waals surface area contributed by atoms with Crippen LogP contribution in [0.4, 0.5) is 4.79 Å². The summed E-state index contributed by atoms with van der Waals surface area (Å²) in [4.78, 5) is 27.7. The molecule has 25 heavy (non-hydrogen) atoms. The van der Waals surface area contributed by atoms with E-state index in [9.17, 15) is 9.59 Å². The molecule has 1 aromatic carbocycles. The predicted molar refractivity (Wildman–Crippen MR) is 99.4 cm³/mol. The van der Waals surface area contributed by atoms with Gasteiger partial charge in [-0.3, -0.25) is 4.79 Å². The largest absolute Gasteiger partial charge is 0.356 e. The zero-order chi connectivity index (χ0) is 18.2. The van der Waals surface area contributed by atoms with Crippen molar-refractivity contribution >= 4 is 11.9 Å². The highest BCUT2D eigenvalue weighted by Gasteiger charge is 2.32. The molecule has 1 aliphatic rings. The molecule has 0 unspecified atom stereocenters. The van der Waals surface area contributed by atoms with Crippen LogP contribution in [0.2, 0.25) is 0 Å². The van der Waals surface area contributed by atoms with Crippen LogP contribution in [0.25, 0.3) is 0 Å². The minimum absolute atomic E-state index is 0.000702. The first-order valence-electron chi connectivity index (χ1n) is 8.95. The Hall–Kier alpha value is -2.08. The molecule has 0 spiro atoms. The lowest BCUT2D eigenvalue weighted by atomic mass is 9.90. The number of urea groups is 1. The molecule has 0 aromatic heterocycles. The first-order chi connectivity index (χ1) is 12.0. The lowest BCUT2D eigenvalue weighted by Gasteiger charge is -2.41. The Bertz CT molecular complexity index is 562. The number of nitrogens with one attached hydrogen (secondary N) is 2. The summed E-state index contributed by atoms with van der Waals surface area (Å²) in [5.41, 5.74) is 1.22. The summed E-state index contributed by atoms with van der Waals surface area (Å²) in [6, 6.07) is 10.4. The lowest BCUT2D eigenvalue weighted by Crippen LogP contribution is -2.56. The van der Waals surface area contributed by atoms with E-state index in [0.717, 1.165) is 19.4 Å². The van der Waals surface area contributed by atoms with E-state index in [1.165, 1.54) is 5.56 Å². The number of hydrogen-bond donors (Lipinski definition) is 2. The maximum atomic E-state index is 12.5. The standard InChI is InChI=1S/C19H30N4O2/c1-15(24)21-13-17-10-12-23(14-18(17)22(2)3)19(25)20-11-9-16-7-5-4-6-8-16/h4-8,17-18H,9-14H2,1-3H3,(H,20,25)(H,21,24)/t17-,18-/m1/s1. The Kier molecular flexibility index (Phi) is 7.25. The summed E-state index contributed by atoms with van der Waals surface area (Å²) in [7, 11) is 4.06. The van der Waals surface area contributed by atoms with E-state index in [1.54, 1.807) is 6.92 Å². The Balaban J connectivity index is 1.81. The molecular weight excluding hydrogens is 316 g/mol. The number of hydrogen-bond acceptors (Lipinski definition) is 3. The number of nitrogens with zero attached hydrogens (tertiary/aromatic N) is 2. The van der Waals surface area contributed by atoms with Crippen molar-refractivity contribution in [2.45, 2.75) is 25.8 Å². The van der Waals surface area contributed by atoms with E-state index >= 15 is 0 Å². The van der Waals surface area contributed by atoms with Gasteiger partial charge in [-0.2, -0.15) is 0 Å². The fraction of sp³-hybridized carbons (Fsp3) is 0.579. The van der Waals surface area contributed by atoms with Gasteiger partial charge in [-0.25, -0.2) is 4.79 Å². The fourth-order valence-electron chi connectivity index (χ4n) is 3.33. The van der Waals surface area contributed by atoms with Crippen LogP contribution in [0.1, 0.15) is 18.9 Å². The van der Waals surface area contributed by atoms with Crippen molar-refractivity contribution in [3.63, 3.8) is 0 Å². The normalized spacial score (nSPS) is 20.4. The maximum Gasteiger partial charge on any atom is 0.317 e. The van der Waals surface area contributed by atoms with Gasteiger partial charge in [-0.15, -0.1) is 0 Å². The minimum atomic E-state index is -0.00130. The van der Waals surface area contributed by atoms with Gasteiger partial charge >= 0.3 is 6.03 Å². The molecule has 2 N–H and O–H groups in total. The van der Waals surface area contributed by atoms with Crippen molar-refractivity contribution in [1.82, 2.24) is 20.4 Å². The number of piperidine rings is 1. The smallest absolute Gasteiger partial charge is 0.317 e. The van der Waals surface area contributed by atoms with Gasteiger partial charge < -0.3 is 20.4 Å². The molecule has 1 saturated heterocycles. The van der Waals surface area contributed by atoms with Crippen molar-refractivity contribution in [3.05, 3.63) is 35.9 Å². The van der Waals surface area contributed by atoms with E-state index in [1.807, 2.05) is 37.2 Å². The van der Waals surface area contributed by atoms with Crippen LogP contribution in [0, 0.1) is 5.92 Å². The Morgan fingerprint density at radius 2 is 1.92 bits per heavy atom. The molecule has 2 atom stereocenters. The van der Waals surface area contributed by atoms with Gasteiger partial charge in [-0.05, 0) is 38.4 Å². The summed E-state index contributed by atoms with van der Waals surface area (Å²) < 4.78 is 0. The van der Waals surface area contributed by atoms with E-state index in [-0.39, 0.29) is 18.0 Å². The van der Waals surface area contributed by atoms with Gasteiger partial charge in [0.1, 0.15) is 0 Å². The lowest BCUT2D eigenvalue weighted by molar-refractivity contribution is -0.119. The van der Waals surface area contributed by atoms with Crippen LogP contribution >= 0.6 is 0 Å². The molecule has 2 rings (SSSR count). The molecule has 1 aromatic rings. The third-order valence-corrected chi connectivity index (χ3v) is 4.82. The van der Waals surface area contributed by atoms with Gasteiger partial charge in [0.15, 0.2) is 0 Å². The highest BCUT2D eigenvalue weighted by atomic mass is 16.2. The van der Waals surface area contributed by atoms with Crippen molar-refractivity contribution in [2.24, 2.45) is 5.92 Å². The Morgan fingerprint density at radius 1 is 1.20 bits per heavy atom. The highest BCUT2D eigenvalue weighted by molar-refractivity contribution is 5.74. The van der Waals surface area contributed by atoms with Gasteiger partial charge in [0.2, 0.25) is 5.91 Å². The number of amides is 3. The summed E-state index contributed by atoms with van der Waals surface area (Å²) >= 11 is 0. The first kappa shape index (κ1) is 19.2. The molecule has 0 radical (unpaired) electrons. The second kappa shape index (κ2) is 9.42. The topological polar surface area (TPSA) is 64.7 Å². The molecule has 1 aliphatic heterocycles. The van der Waals surface area contributed by atoms with Gasteiger partial charge in [0.25, 0.3) is 0 Å². The highest BCUT2D eigenvalue weighted by Crippen LogP contribution is 2.20. The van der Waals surface area contributed by atoms with Gasteiger partial charge in [0.05, 0.1) is 0 Å². The quantitative estimate of drug-likeness (QED) is 0.817. The van der Waals surface area contributed by atoms with Gasteiger partial charge in [-0.1, -0.05) is 30.3 Å². The minimum Gasteiger partial charge on any atom is -0.356 e. The monoisotopic (exact) mass is 346 g/mol. The number of benzene rings is 1. The molecule has 0 saturated carbocycles. The summed E-state index contributed by atoms with van der Waals surface area (Å²) in [6.07, 6.45) is 1.73. The summed E-state index contributed by atoms with van der Waals surface area (Å²) in [5.74, 6) is 0.367. The number of likely N-dealkylation sites (tertiary alicyclic amines) is 1. The third-order valence-electron chi connectivity index (χ3n) is 4.82. The summed E-state index contributed by atoms with van der Waals surface area (Å²) in [6.45, 7) is 4.27. The van der Waals surface area contributed by atoms with Crippen LogP contribution in [0.15, 0.2) is 30.3 Å². The number of carbonyl (C=O) groups is 2. The SMILES string of the molecule is CC(=O)NC[C@H]1CCN(C(=O)NCCc2ccccc2)C[C@H]1N(C)C. The second-order valence-corrected chi connectivity index (χ2v) is 6.93. The van der Waals surface area contributed by atoms with E-state index < -0.39 is 0 Å². The van der Waals surface area contributed by atoms with Crippen LogP contribution in [0.3, 0.4) is 0 Å². The van der Waals surface area contributed by atoms with Crippen LogP contribution < -0.4 is 10.6 Å². The average molecular weight is 346 g/mol. The van der Waals surface area contributed by atoms with Crippen LogP contribution in [0.5, 0.6) is 0 Å². The predicted octanol–water partition coefficient (Wildman–Crippen LogP) is 1.33. The second-order valence-electron chi connectivity index (χ2n) is 6.93. The van der Waals surface area contributed by atoms with Gasteiger partial charge in [0, 0.05) is 39.1 Å². The zero-order valence-electron chi connectivity index (χ0n) is 15.5. The van der Waals surface area contributed by atoms with Crippen LogP contribution in [-0.2, 0) is 11.2 Å².